The average molecular weight is 320 g/mol. The molecule has 2 rings (SSSR count). The molecule has 0 radical (unpaired) electrons. The molecule has 1 atom stereocenters. The highest BCUT2D eigenvalue weighted by atomic mass is 16.5. The molecule has 0 bridgehead atoms. The van der Waals surface area contributed by atoms with Crippen LogP contribution in [0.5, 0.6) is 11.5 Å². The molecule has 1 N–H and O–H groups in total. The van der Waals surface area contributed by atoms with Gasteiger partial charge in [-0.3, -0.25) is 4.79 Å². The Labute approximate surface area is 139 Å². The summed E-state index contributed by atoms with van der Waals surface area (Å²) in [5.41, 5.74) is 1.04. The van der Waals surface area contributed by atoms with Crippen LogP contribution in [0.15, 0.2) is 18.2 Å². The number of benzene rings is 1. The van der Waals surface area contributed by atoms with E-state index < -0.39 is 0 Å². The number of hydrogen-bond donors (Lipinski definition) is 1. The molecular formula is C18H28N2O3. The molecule has 1 aliphatic rings. The van der Waals surface area contributed by atoms with Crippen LogP contribution >= 0.6 is 0 Å². The fraction of sp³-hybridized carbons (Fsp3) is 0.611. The van der Waals surface area contributed by atoms with Gasteiger partial charge in [0.25, 0.3) is 0 Å². The van der Waals surface area contributed by atoms with E-state index in [-0.39, 0.29) is 11.8 Å². The van der Waals surface area contributed by atoms with E-state index in [1.807, 2.05) is 18.2 Å². The first-order chi connectivity index (χ1) is 11.2. The van der Waals surface area contributed by atoms with Gasteiger partial charge in [-0.05, 0) is 56.2 Å². The van der Waals surface area contributed by atoms with Crippen LogP contribution in [0.4, 0.5) is 0 Å². The Morgan fingerprint density at radius 3 is 2.87 bits per heavy atom. The highest BCUT2D eigenvalue weighted by Gasteiger charge is 2.26. The molecule has 1 aromatic rings. The fourth-order valence-electron chi connectivity index (χ4n) is 2.86. The van der Waals surface area contributed by atoms with E-state index in [1.165, 1.54) is 0 Å². The summed E-state index contributed by atoms with van der Waals surface area (Å²) in [4.78, 5) is 14.7. The Morgan fingerprint density at radius 2 is 2.17 bits per heavy atom. The SMILES string of the molecule is CCN(CC)CCCNC(=O)[C@@H]1COc2ccc(OC)cc2C1. The molecule has 5 heteroatoms. The normalized spacial score (nSPS) is 16.6. The average Bonchev–Trinajstić information content (AvgIpc) is 2.60. The van der Waals surface area contributed by atoms with Crippen LogP contribution in [0.1, 0.15) is 25.8 Å². The van der Waals surface area contributed by atoms with Gasteiger partial charge in [0.2, 0.25) is 5.91 Å². The van der Waals surface area contributed by atoms with Gasteiger partial charge < -0.3 is 19.7 Å². The van der Waals surface area contributed by atoms with E-state index in [0.717, 1.165) is 49.7 Å². The molecule has 5 nitrogen and oxygen atoms in total. The lowest BCUT2D eigenvalue weighted by atomic mass is 9.96. The third-order valence-corrected chi connectivity index (χ3v) is 4.39. The predicted octanol–water partition coefficient (Wildman–Crippen LogP) is 2.09. The minimum Gasteiger partial charge on any atom is -0.497 e. The largest absolute Gasteiger partial charge is 0.497 e. The molecule has 0 spiro atoms. The number of rotatable bonds is 8. The molecule has 0 aromatic heterocycles. The lowest BCUT2D eigenvalue weighted by Crippen LogP contribution is -2.38. The molecule has 1 aromatic carbocycles. The summed E-state index contributed by atoms with van der Waals surface area (Å²) in [6.45, 7) is 8.62. The maximum atomic E-state index is 12.3. The highest BCUT2D eigenvalue weighted by molar-refractivity contribution is 5.79. The topological polar surface area (TPSA) is 50.8 Å². The predicted molar refractivity (Wildman–Crippen MR) is 91.1 cm³/mol. The second-order valence-electron chi connectivity index (χ2n) is 5.86. The summed E-state index contributed by atoms with van der Waals surface area (Å²) in [7, 11) is 1.64. The Balaban J connectivity index is 1.80. The van der Waals surface area contributed by atoms with Crippen molar-refractivity contribution in [3.05, 3.63) is 23.8 Å². The number of carbonyl (C=O) groups excluding carboxylic acids is 1. The van der Waals surface area contributed by atoms with Crippen LogP contribution in [0.2, 0.25) is 0 Å². The maximum absolute atomic E-state index is 12.3. The minimum atomic E-state index is -0.122. The molecule has 0 aliphatic carbocycles. The van der Waals surface area contributed by atoms with Crippen molar-refractivity contribution < 1.29 is 14.3 Å². The van der Waals surface area contributed by atoms with Crippen molar-refractivity contribution in [2.24, 2.45) is 5.92 Å². The van der Waals surface area contributed by atoms with Crippen molar-refractivity contribution >= 4 is 5.91 Å². The van der Waals surface area contributed by atoms with Gasteiger partial charge in [0.05, 0.1) is 13.0 Å². The summed E-state index contributed by atoms with van der Waals surface area (Å²) < 4.78 is 10.9. The van der Waals surface area contributed by atoms with Crippen molar-refractivity contribution in [3.8, 4) is 11.5 Å². The smallest absolute Gasteiger partial charge is 0.226 e. The number of carbonyl (C=O) groups is 1. The molecule has 0 saturated heterocycles. The molecule has 0 fully saturated rings. The summed E-state index contributed by atoms with van der Waals surface area (Å²) in [6.07, 6.45) is 1.68. The number of amides is 1. The van der Waals surface area contributed by atoms with Crippen LogP contribution in [-0.4, -0.2) is 50.7 Å². The van der Waals surface area contributed by atoms with Gasteiger partial charge in [0.15, 0.2) is 0 Å². The number of methoxy groups -OCH3 is 1. The summed E-state index contributed by atoms with van der Waals surface area (Å²) in [6, 6.07) is 5.74. The van der Waals surface area contributed by atoms with E-state index >= 15 is 0 Å². The Morgan fingerprint density at radius 1 is 1.39 bits per heavy atom. The first-order valence-corrected chi connectivity index (χ1v) is 8.47. The minimum absolute atomic E-state index is 0.0815. The molecule has 0 saturated carbocycles. The summed E-state index contributed by atoms with van der Waals surface area (Å²) in [5.74, 6) is 1.62. The van der Waals surface area contributed by atoms with Crippen molar-refractivity contribution in [1.29, 1.82) is 0 Å². The zero-order chi connectivity index (χ0) is 16.7. The van der Waals surface area contributed by atoms with Crippen LogP contribution in [0, 0.1) is 5.92 Å². The lowest BCUT2D eigenvalue weighted by molar-refractivity contribution is -0.126. The first kappa shape index (κ1) is 17.6. The summed E-state index contributed by atoms with van der Waals surface area (Å²) in [5, 5.41) is 3.04. The van der Waals surface area contributed by atoms with Gasteiger partial charge >= 0.3 is 0 Å². The van der Waals surface area contributed by atoms with Crippen molar-refractivity contribution in [3.63, 3.8) is 0 Å². The molecule has 128 valence electrons. The van der Waals surface area contributed by atoms with Crippen molar-refractivity contribution in [1.82, 2.24) is 10.2 Å². The molecule has 1 heterocycles. The van der Waals surface area contributed by atoms with E-state index in [4.69, 9.17) is 9.47 Å². The van der Waals surface area contributed by atoms with Crippen LogP contribution in [0.3, 0.4) is 0 Å². The zero-order valence-electron chi connectivity index (χ0n) is 14.4. The first-order valence-electron chi connectivity index (χ1n) is 8.47. The second kappa shape index (κ2) is 8.77. The van der Waals surface area contributed by atoms with Crippen LogP contribution < -0.4 is 14.8 Å². The lowest BCUT2D eigenvalue weighted by Gasteiger charge is -2.25. The van der Waals surface area contributed by atoms with E-state index in [9.17, 15) is 4.79 Å². The monoisotopic (exact) mass is 320 g/mol. The van der Waals surface area contributed by atoms with Gasteiger partial charge in [-0.1, -0.05) is 13.8 Å². The Kier molecular flexibility index (Phi) is 6.71. The Bertz CT molecular complexity index is 515. The maximum Gasteiger partial charge on any atom is 0.226 e. The zero-order valence-corrected chi connectivity index (χ0v) is 14.4. The quantitative estimate of drug-likeness (QED) is 0.745. The highest BCUT2D eigenvalue weighted by Crippen LogP contribution is 2.30. The van der Waals surface area contributed by atoms with Gasteiger partial charge in [0, 0.05) is 6.54 Å². The number of nitrogens with zero attached hydrogens (tertiary/aromatic N) is 1. The molecule has 23 heavy (non-hydrogen) atoms. The van der Waals surface area contributed by atoms with Gasteiger partial charge in [-0.15, -0.1) is 0 Å². The number of nitrogens with one attached hydrogen (secondary N) is 1. The standard InChI is InChI=1S/C18H28N2O3/c1-4-20(5-2)10-6-9-19-18(21)15-11-14-12-16(22-3)7-8-17(14)23-13-15/h7-8,12,15H,4-6,9-11,13H2,1-3H3,(H,19,21)/t15-/m0/s1. The Hall–Kier alpha value is -1.75. The third kappa shape index (κ3) is 4.86. The number of hydrogen-bond acceptors (Lipinski definition) is 4. The molecular weight excluding hydrogens is 292 g/mol. The van der Waals surface area contributed by atoms with Gasteiger partial charge in [0.1, 0.15) is 18.1 Å². The third-order valence-electron chi connectivity index (χ3n) is 4.39. The number of fused-ring (bicyclic) bond motifs is 1. The van der Waals surface area contributed by atoms with Crippen LogP contribution in [0.25, 0.3) is 0 Å². The van der Waals surface area contributed by atoms with E-state index in [1.54, 1.807) is 7.11 Å². The van der Waals surface area contributed by atoms with E-state index in [0.29, 0.717) is 13.0 Å². The second-order valence-corrected chi connectivity index (χ2v) is 5.86. The molecule has 0 unspecified atom stereocenters. The van der Waals surface area contributed by atoms with Gasteiger partial charge in [-0.25, -0.2) is 0 Å². The van der Waals surface area contributed by atoms with Crippen molar-refractivity contribution in [2.45, 2.75) is 26.7 Å². The fourth-order valence-corrected chi connectivity index (χ4v) is 2.86. The number of ether oxygens (including phenoxy) is 2. The van der Waals surface area contributed by atoms with Crippen molar-refractivity contribution in [2.75, 3.05) is 39.9 Å². The van der Waals surface area contributed by atoms with Crippen LogP contribution in [-0.2, 0) is 11.2 Å². The summed E-state index contributed by atoms with van der Waals surface area (Å²) >= 11 is 0. The molecule has 1 aliphatic heterocycles. The van der Waals surface area contributed by atoms with E-state index in [2.05, 4.69) is 24.1 Å². The molecule has 1 amide bonds. The van der Waals surface area contributed by atoms with Gasteiger partial charge in [-0.2, -0.15) is 0 Å².